The van der Waals surface area contributed by atoms with E-state index in [4.69, 9.17) is 14.2 Å². The highest BCUT2D eigenvalue weighted by Crippen LogP contribution is 2.12. The monoisotopic (exact) mass is 810 g/mol. The number of esters is 2. The van der Waals surface area contributed by atoms with Gasteiger partial charge in [-0.2, -0.15) is 0 Å². The van der Waals surface area contributed by atoms with Crippen molar-refractivity contribution in [1.29, 1.82) is 0 Å². The number of quaternary nitrogens is 1. The van der Waals surface area contributed by atoms with Gasteiger partial charge in [0.25, 0.3) is 0 Å². The number of aliphatic carboxylic acids is 1. The first kappa shape index (κ1) is 54.5. The van der Waals surface area contributed by atoms with Crippen molar-refractivity contribution in [3.63, 3.8) is 0 Å². The lowest BCUT2D eigenvalue weighted by molar-refractivity contribution is -0.889. The van der Waals surface area contributed by atoms with Crippen molar-refractivity contribution < 1.29 is 38.2 Å². The summed E-state index contributed by atoms with van der Waals surface area (Å²) in [4.78, 5) is 36.9. The van der Waals surface area contributed by atoms with Crippen LogP contribution in [0.4, 0.5) is 0 Å². The second-order valence-electron chi connectivity index (χ2n) is 15.9. The van der Waals surface area contributed by atoms with E-state index in [1.807, 2.05) is 0 Å². The minimum Gasteiger partial charge on any atom is -0.544 e. The number of hydrogen-bond acceptors (Lipinski definition) is 7. The number of nitrogens with zero attached hydrogens (tertiary/aromatic N) is 1. The van der Waals surface area contributed by atoms with Gasteiger partial charge in [-0.05, 0) is 83.5 Å². The number of carbonyl (C=O) groups is 3. The van der Waals surface area contributed by atoms with Gasteiger partial charge in [-0.15, -0.1) is 0 Å². The van der Waals surface area contributed by atoms with E-state index in [9.17, 15) is 19.5 Å². The summed E-state index contributed by atoms with van der Waals surface area (Å²) in [6.07, 6.45) is 51.8. The molecule has 0 N–H and O–H groups in total. The molecule has 0 saturated carbocycles. The van der Waals surface area contributed by atoms with Crippen LogP contribution in [0.25, 0.3) is 0 Å². The van der Waals surface area contributed by atoms with E-state index in [0.29, 0.717) is 12.8 Å². The van der Waals surface area contributed by atoms with Crippen LogP contribution < -0.4 is 5.11 Å². The fourth-order valence-electron chi connectivity index (χ4n) is 6.02. The molecule has 0 aromatic rings. The van der Waals surface area contributed by atoms with Crippen molar-refractivity contribution in [2.24, 2.45) is 0 Å². The molecule has 0 aliphatic heterocycles. The van der Waals surface area contributed by atoms with E-state index in [2.05, 4.69) is 98.9 Å². The Morgan fingerprint density at radius 1 is 0.534 bits per heavy atom. The Labute approximate surface area is 354 Å². The Morgan fingerprint density at radius 2 is 0.983 bits per heavy atom. The second kappa shape index (κ2) is 40.3. The number of unbranched alkanes of at least 4 members (excludes halogenated alkanes) is 11. The maximum absolute atomic E-state index is 12.7. The number of likely N-dealkylation sites (N-methyl/N-ethyl adjacent to an activating group) is 1. The molecule has 0 aromatic carbocycles. The van der Waals surface area contributed by atoms with Crippen LogP contribution in [0.2, 0.25) is 0 Å². The van der Waals surface area contributed by atoms with Crippen LogP contribution in [-0.2, 0) is 28.6 Å². The zero-order valence-corrected chi connectivity index (χ0v) is 37.4. The first-order chi connectivity index (χ1) is 28.1. The van der Waals surface area contributed by atoms with Gasteiger partial charge >= 0.3 is 11.9 Å². The fraction of sp³-hybridized carbons (Fsp3) is 0.660. The molecule has 8 heteroatoms. The molecule has 8 nitrogen and oxygen atoms in total. The van der Waals surface area contributed by atoms with E-state index < -0.39 is 18.1 Å². The minimum atomic E-state index is -1.14. The van der Waals surface area contributed by atoms with Gasteiger partial charge in [0, 0.05) is 19.3 Å². The fourth-order valence-corrected chi connectivity index (χ4v) is 6.02. The summed E-state index contributed by atoms with van der Waals surface area (Å²) in [6.45, 7) is 4.44. The van der Waals surface area contributed by atoms with Gasteiger partial charge in [-0.1, -0.05) is 144 Å². The van der Waals surface area contributed by atoms with Crippen LogP contribution in [0.1, 0.15) is 162 Å². The van der Waals surface area contributed by atoms with Gasteiger partial charge in [0.05, 0.1) is 40.3 Å². The second-order valence-corrected chi connectivity index (χ2v) is 15.9. The zero-order chi connectivity index (χ0) is 42.8. The van der Waals surface area contributed by atoms with Gasteiger partial charge in [-0.25, -0.2) is 0 Å². The molecule has 0 rings (SSSR count). The van der Waals surface area contributed by atoms with Crippen molar-refractivity contribution in [1.82, 2.24) is 0 Å². The minimum absolute atomic E-state index is 0.0106. The lowest BCUT2D eigenvalue weighted by atomic mass is 10.1. The highest BCUT2D eigenvalue weighted by Gasteiger charge is 2.25. The molecular formula is C50H83NO7. The molecule has 0 aliphatic rings. The van der Waals surface area contributed by atoms with Crippen LogP contribution in [0, 0.1) is 0 Å². The predicted molar refractivity (Wildman–Crippen MR) is 240 cm³/mol. The maximum Gasteiger partial charge on any atom is 0.306 e. The van der Waals surface area contributed by atoms with Crippen molar-refractivity contribution in [2.75, 3.05) is 41.0 Å². The Balaban J connectivity index is 4.45. The SMILES string of the molecule is CC/C=C\C/C=C\C/C=C\C/C=C\C/C=C\CCCC(=O)OC(COCCC(C(=O)[O-])[N+](C)(C)C)COC(=O)CCCCCCCCC/C=C\C/C=C\CCCCC. The first-order valence-corrected chi connectivity index (χ1v) is 22.6. The van der Waals surface area contributed by atoms with E-state index in [-0.39, 0.29) is 49.1 Å². The summed E-state index contributed by atoms with van der Waals surface area (Å²) < 4.78 is 17.1. The summed E-state index contributed by atoms with van der Waals surface area (Å²) >= 11 is 0. The molecule has 0 radical (unpaired) electrons. The molecule has 0 aliphatic carbocycles. The van der Waals surface area contributed by atoms with Crippen molar-refractivity contribution in [2.45, 2.75) is 174 Å². The molecule has 330 valence electrons. The quantitative estimate of drug-likeness (QED) is 0.0264. The third-order valence-corrected chi connectivity index (χ3v) is 9.52. The lowest BCUT2D eigenvalue weighted by Gasteiger charge is -2.34. The largest absolute Gasteiger partial charge is 0.544 e. The normalized spacial score (nSPS) is 13.7. The molecular weight excluding hydrogens is 727 g/mol. The maximum atomic E-state index is 12.7. The third kappa shape index (κ3) is 38.1. The topological polar surface area (TPSA) is 102 Å². The van der Waals surface area contributed by atoms with Gasteiger partial charge in [-0.3, -0.25) is 9.59 Å². The number of hydrogen-bond donors (Lipinski definition) is 0. The summed E-state index contributed by atoms with van der Waals surface area (Å²) in [5, 5.41) is 11.6. The van der Waals surface area contributed by atoms with Crippen molar-refractivity contribution >= 4 is 17.9 Å². The Morgan fingerprint density at radius 3 is 1.48 bits per heavy atom. The predicted octanol–water partition coefficient (Wildman–Crippen LogP) is 11.2. The van der Waals surface area contributed by atoms with Crippen LogP contribution in [0.15, 0.2) is 85.1 Å². The van der Waals surface area contributed by atoms with Crippen molar-refractivity contribution in [3.05, 3.63) is 85.1 Å². The number of carboxylic acid groups (broad SMARTS) is 1. The highest BCUT2D eigenvalue weighted by molar-refractivity contribution is 5.70. The summed E-state index contributed by atoms with van der Waals surface area (Å²) in [6, 6.07) is -0.741. The molecule has 2 atom stereocenters. The van der Waals surface area contributed by atoms with Gasteiger partial charge in [0.2, 0.25) is 0 Å². The molecule has 0 saturated heterocycles. The van der Waals surface area contributed by atoms with Crippen LogP contribution in [-0.4, -0.2) is 75.5 Å². The summed E-state index contributed by atoms with van der Waals surface area (Å²) in [7, 11) is 5.38. The average molecular weight is 810 g/mol. The van der Waals surface area contributed by atoms with Crippen LogP contribution in [0.3, 0.4) is 0 Å². The molecule has 0 heterocycles. The van der Waals surface area contributed by atoms with E-state index in [1.54, 1.807) is 21.1 Å². The van der Waals surface area contributed by atoms with Crippen molar-refractivity contribution in [3.8, 4) is 0 Å². The zero-order valence-electron chi connectivity index (χ0n) is 37.4. The molecule has 58 heavy (non-hydrogen) atoms. The lowest BCUT2D eigenvalue weighted by Crippen LogP contribution is -2.55. The number of allylic oxidation sites excluding steroid dienone is 14. The Hall–Kier alpha value is -3.49. The molecule has 2 unspecified atom stereocenters. The molecule has 0 spiro atoms. The number of ether oxygens (including phenoxy) is 3. The molecule has 0 bridgehead atoms. The first-order valence-electron chi connectivity index (χ1n) is 22.6. The Kier molecular flexibility index (Phi) is 37.9. The summed E-state index contributed by atoms with van der Waals surface area (Å²) in [5.41, 5.74) is 0. The molecule has 0 aromatic heterocycles. The van der Waals surface area contributed by atoms with Crippen LogP contribution >= 0.6 is 0 Å². The smallest absolute Gasteiger partial charge is 0.306 e. The standard InChI is InChI=1S/C50H83NO7/c1-6-8-10-12-14-16-18-20-22-24-26-28-30-32-34-36-38-40-48(52)57-45-46(44-56-43-42-47(50(54)55)51(3,4)5)58-49(53)41-39-37-35-33-31-29-27-25-23-21-19-17-15-13-11-9-7-2/h9,11,14-17,20-23,27,29,33,35,46-47H,6-8,10,12-13,18-19,24-26,28,30-32,34,36-45H2,1-5H3/b11-9-,16-14-,17-15-,22-20-,23-21-,29-27-,35-33-. The highest BCUT2D eigenvalue weighted by atomic mass is 16.6. The Bertz CT molecular complexity index is 1220. The van der Waals surface area contributed by atoms with E-state index in [0.717, 1.165) is 70.6 Å². The van der Waals surface area contributed by atoms with Gasteiger partial charge in [0.15, 0.2) is 6.10 Å². The van der Waals surface area contributed by atoms with Crippen LogP contribution in [0.5, 0.6) is 0 Å². The summed E-state index contributed by atoms with van der Waals surface area (Å²) in [5.74, 6) is -1.83. The molecule has 0 fully saturated rings. The third-order valence-electron chi connectivity index (χ3n) is 9.52. The van der Waals surface area contributed by atoms with E-state index >= 15 is 0 Å². The number of carbonyl (C=O) groups excluding carboxylic acids is 3. The van der Waals surface area contributed by atoms with E-state index in [1.165, 1.54) is 51.4 Å². The molecule has 0 amide bonds. The van der Waals surface area contributed by atoms with Gasteiger partial charge in [0.1, 0.15) is 12.6 Å². The average Bonchev–Trinajstić information content (AvgIpc) is 3.18. The number of rotatable bonds is 39. The number of carboxylic acids is 1. The van der Waals surface area contributed by atoms with Gasteiger partial charge < -0.3 is 28.6 Å².